The summed E-state index contributed by atoms with van der Waals surface area (Å²) >= 11 is 0. The van der Waals surface area contributed by atoms with Gasteiger partial charge in [0.1, 0.15) is 0 Å². The minimum atomic E-state index is 0.500. The summed E-state index contributed by atoms with van der Waals surface area (Å²) in [4.78, 5) is 2.78. The largest absolute Gasteiger partial charge is 0.308 e. The number of hydrogen-bond donors (Lipinski definition) is 1. The van der Waals surface area contributed by atoms with Crippen LogP contribution in [0.4, 0.5) is 0 Å². The van der Waals surface area contributed by atoms with Gasteiger partial charge in [-0.1, -0.05) is 26.2 Å². The van der Waals surface area contributed by atoms with Gasteiger partial charge in [0.25, 0.3) is 0 Å². The fraction of sp³-hybridized carbons (Fsp3) is 1.00. The van der Waals surface area contributed by atoms with E-state index in [2.05, 4.69) is 17.1 Å². The van der Waals surface area contributed by atoms with Crippen LogP contribution >= 0.6 is 0 Å². The van der Waals surface area contributed by atoms with Crippen LogP contribution in [0.3, 0.4) is 0 Å². The molecule has 2 saturated carbocycles. The molecular weight excluding hydrogens is 196 g/mol. The van der Waals surface area contributed by atoms with Crippen molar-refractivity contribution < 1.29 is 0 Å². The highest BCUT2D eigenvalue weighted by atomic mass is 15.3. The molecule has 0 aromatic carbocycles. The van der Waals surface area contributed by atoms with Crippen LogP contribution in [-0.2, 0) is 0 Å². The lowest BCUT2D eigenvalue weighted by molar-refractivity contribution is 0.0506. The summed E-state index contributed by atoms with van der Waals surface area (Å²) in [6.07, 6.45) is 10.1. The number of nitrogens with one attached hydrogen (secondary N) is 1. The Morgan fingerprint density at radius 1 is 1.19 bits per heavy atom. The summed E-state index contributed by atoms with van der Waals surface area (Å²) in [5.74, 6) is 1.02. The quantitative estimate of drug-likeness (QED) is 0.772. The van der Waals surface area contributed by atoms with E-state index in [1.54, 1.807) is 0 Å². The average molecular weight is 222 g/mol. The second-order valence-electron chi connectivity index (χ2n) is 6.19. The number of hydrogen-bond acceptors (Lipinski definition) is 2. The molecule has 1 heterocycles. The van der Waals surface area contributed by atoms with Crippen molar-refractivity contribution in [1.29, 1.82) is 0 Å². The van der Waals surface area contributed by atoms with Crippen LogP contribution in [0, 0.1) is 5.92 Å². The van der Waals surface area contributed by atoms with Crippen molar-refractivity contribution in [3.8, 4) is 0 Å². The fourth-order valence-corrected chi connectivity index (χ4v) is 3.87. The van der Waals surface area contributed by atoms with Crippen LogP contribution in [0.5, 0.6) is 0 Å². The summed E-state index contributed by atoms with van der Waals surface area (Å²) in [7, 11) is 0. The second-order valence-corrected chi connectivity index (χ2v) is 6.19. The molecule has 0 radical (unpaired) electrons. The number of likely N-dealkylation sites (N-methyl/N-ethyl adjacent to an activating group) is 1. The average Bonchev–Trinajstić information content (AvgIpc) is 3.14. The van der Waals surface area contributed by atoms with Crippen molar-refractivity contribution >= 4 is 0 Å². The highest BCUT2D eigenvalue weighted by molar-refractivity contribution is 5.02. The summed E-state index contributed by atoms with van der Waals surface area (Å²) in [6.45, 7) is 6.19. The van der Waals surface area contributed by atoms with E-state index in [1.807, 2.05) is 0 Å². The Balaban J connectivity index is 1.67. The monoisotopic (exact) mass is 222 g/mol. The maximum atomic E-state index is 3.93. The lowest BCUT2D eigenvalue weighted by Gasteiger charge is -2.49. The lowest BCUT2D eigenvalue weighted by Crippen LogP contribution is -2.65. The van der Waals surface area contributed by atoms with E-state index in [0.717, 1.165) is 12.0 Å². The van der Waals surface area contributed by atoms with Crippen molar-refractivity contribution in [3.63, 3.8) is 0 Å². The van der Waals surface area contributed by atoms with E-state index >= 15 is 0 Å². The third-order valence-electron chi connectivity index (χ3n) is 5.04. The zero-order valence-electron chi connectivity index (χ0n) is 10.7. The van der Waals surface area contributed by atoms with E-state index in [4.69, 9.17) is 0 Å². The van der Waals surface area contributed by atoms with Gasteiger partial charge in [-0.3, -0.25) is 4.90 Å². The molecule has 2 nitrogen and oxygen atoms in total. The molecule has 1 saturated heterocycles. The molecule has 16 heavy (non-hydrogen) atoms. The number of nitrogens with zero attached hydrogens (tertiary/aromatic N) is 1. The van der Waals surface area contributed by atoms with Crippen molar-refractivity contribution in [2.45, 2.75) is 63.5 Å². The van der Waals surface area contributed by atoms with Gasteiger partial charge in [0, 0.05) is 24.7 Å². The number of piperazine rings is 1. The Morgan fingerprint density at radius 3 is 2.56 bits per heavy atom. The minimum absolute atomic E-state index is 0.500. The van der Waals surface area contributed by atoms with E-state index in [1.165, 1.54) is 64.6 Å². The van der Waals surface area contributed by atoms with Crippen molar-refractivity contribution in [1.82, 2.24) is 10.2 Å². The third kappa shape index (κ3) is 2.02. The molecule has 1 aliphatic heterocycles. The molecule has 1 unspecified atom stereocenters. The van der Waals surface area contributed by atoms with E-state index in [-0.39, 0.29) is 0 Å². The maximum Gasteiger partial charge on any atom is 0.0309 e. The van der Waals surface area contributed by atoms with Crippen LogP contribution in [0.1, 0.15) is 51.9 Å². The van der Waals surface area contributed by atoms with Crippen molar-refractivity contribution in [2.24, 2.45) is 5.92 Å². The van der Waals surface area contributed by atoms with Crippen molar-refractivity contribution in [3.05, 3.63) is 0 Å². The van der Waals surface area contributed by atoms with Gasteiger partial charge in [-0.05, 0) is 38.1 Å². The first-order chi connectivity index (χ1) is 7.83. The van der Waals surface area contributed by atoms with Crippen LogP contribution in [0.2, 0.25) is 0 Å². The highest BCUT2D eigenvalue weighted by Crippen LogP contribution is 2.39. The van der Waals surface area contributed by atoms with Gasteiger partial charge in [0.2, 0.25) is 0 Å². The van der Waals surface area contributed by atoms with Gasteiger partial charge in [-0.25, -0.2) is 0 Å². The SMILES string of the molecule is CCN1CC2(CCCCC2)NCC1C1CC1. The summed E-state index contributed by atoms with van der Waals surface area (Å²) in [6, 6.07) is 0.859. The molecule has 3 fully saturated rings. The molecule has 1 N–H and O–H groups in total. The number of rotatable bonds is 2. The van der Waals surface area contributed by atoms with Crippen LogP contribution in [0.15, 0.2) is 0 Å². The van der Waals surface area contributed by atoms with Gasteiger partial charge in [0.05, 0.1) is 0 Å². The van der Waals surface area contributed by atoms with Gasteiger partial charge < -0.3 is 5.32 Å². The molecule has 3 rings (SSSR count). The predicted octanol–water partition coefficient (Wildman–Crippen LogP) is 2.39. The molecule has 0 amide bonds. The van der Waals surface area contributed by atoms with Crippen LogP contribution in [-0.4, -0.2) is 36.1 Å². The predicted molar refractivity (Wildman–Crippen MR) is 67.6 cm³/mol. The highest BCUT2D eigenvalue weighted by Gasteiger charge is 2.43. The summed E-state index contributed by atoms with van der Waals surface area (Å²) in [5, 5.41) is 3.93. The Labute approximate surface area is 99.8 Å². The molecule has 92 valence electrons. The van der Waals surface area contributed by atoms with Gasteiger partial charge in [-0.2, -0.15) is 0 Å². The molecule has 0 aromatic rings. The first-order valence-electron chi connectivity index (χ1n) is 7.32. The Morgan fingerprint density at radius 2 is 1.94 bits per heavy atom. The van der Waals surface area contributed by atoms with Gasteiger partial charge in [0.15, 0.2) is 0 Å². The molecule has 2 heteroatoms. The van der Waals surface area contributed by atoms with Crippen LogP contribution in [0.25, 0.3) is 0 Å². The van der Waals surface area contributed by atoms with E-state index in [9.17, 15) is 0 Å². The molecule has 1 atom stereocenters. The summed E-state index contributed by atoms with van der Waals surface area (Å²) < 4.78 is 0. The standard InChI is InChI=1S/C14H26N2/c1-2-16-11-14(8-4-3-5-9-14)15-10-13(16)12-6-7-12/h12-13,15H,2-11H2,1H3. The van der Waals surface area contributed by atoms with Crippen molar-refractivity contribution in [2.75, 3.05) is 19.6 Å². The zero-order valence-corrected chi connectivity index (χ0v) is 10.7. The normalized spacial score (nSPS) is 35.4. The molecule has 1 spiro atoms. The Bertz CT molecular complexity index is 241. The molecule has 2 aliphatic carbocycles. The lowest BCUT2D eigenvalue weighted by atomic mass is 9.79. The second kappa shape index (κ2) is 4.30. The maximum absolute atomic E-state index is 3.93. The molecule has 3 aliphatic rings. The smallest absolute Gasteiger partial charge is 0.0309 e. The van der Waals surface area contributed by atoms with Crippen LogP contribution < -0.4 is 5.32 Å². The molecular formula is C14H26N2. The van der Waals surface area contributed by atoms with Gasteiger partial charge >= 0.3 is 0 Å². The zero-order chi connectivity index (χ0) is 11.0. The Hall–Kier alpha value is -0.0800. The Kier molecular flexibility index (Phi) is 2.97. The molecule has 0 bridgehead atoms. The minimum Gasteiger partial charge on any atom is -0.308 e. The topological polar surface area (TPSA) is 15.3 Å². The van der Waals surface area contributed by atoms with Gasteiger partial charge in [-0.15, -0.1) is 0 Å². The first-order valence-corrected chi connectivity index (χ1v) is 7.32. The first kappa shape index (κ1) is 11.0. The summed E-state index contributed by atoms with van der Waals surface area (Å²) in [5.41, 5.74) is 0.500. The van der Waals surface area contributed by atoms with E-state index < -0.39 is 0 Å². The third-order valence-corrected chi connectivity index (χ3v) is 5.04. The fourth-order valence-electron chi connectivity index (χ4n) is 3.87. The van der Waals surface area contributed by atoms with E-state index in [0.29, 0.717) is 5.54 Å². The molecule has 0 aromatic heterocycles.